The number of nitrogens with one attached hydrogen (secondary N) is 1. The number of nitrogens with zero attached hydrogens (tertiary/aromatic N) is 1. The van der Waals surface area contributed by atoms with Gasteiger partial charge in [-0.3, -0.25) is 4.79 Å². The van der Waals surface area contributed by atoms with E-state index in [0.29, 0.717) is 22.4 Å². The van der Waals surface area contributed by atoms with Crippen LogP contribution in [0, 0.1) is 0 Å². The van der Waals surface area contributed by atoms with Crippen molar-refractivity contribution in [2.75, 3.05) is 0 Å². The summed E-state index contributed by atoms with van der Waals surface area (Å²) in [6, 6.07) is 22.2. The van der Waals surface area contributed by atoms with Gasteiger partial charge in [-0.15, -0.1) is 0 Å². The zero-order valence-corrected chi connectivity index (χ0v) is 16.5. The van der Waals surface area contributed by atoms with Crippen molar-refractivity contribution in [3.63, 3.8) is 0 Å². The second-order valence-electron chi connectivity index (χ2n) is 6.05. The number of benzene rings is 3. The van der Waals surface area contributed by atoms with Crippen LogP contribution in [0.15, 0.2) is 77.9 Å². The number of hydrogen-bond donors (Lipinski definition) is 1. The van der Waals surface area contributed by atoms with E-state index in [2.05, 4.69) is 10.5 Å². The summed E-state index contributed by atoms with van der Waals surface area (Å²) >= 11 is 12.0. The summed E-state index contributed by atoms with van der Waals surface area (Å²) in [6.45, 7) is 0.346. The lowest BCUT2D eigenvalue weighted by Crippen LogP contribution is -2.19. The minimum absolute atomic E-state index is 0.165. The first-order valence-corrected chi connectivity index (χ1v) is 9.38. The molecule has 0 aliphatic carbocycles. The Morgan fingerprint density at radius 3 is 2.46 bits per heavy atom. The van der Waals surface area contributed by atoms with Crippen molar-refractivity contribution in [3.05, 3.63) is 99.5 Å². The van der Waals surface area contributed by atoms with Gasteiger partial charge in [0.15, 0.2) is 0 Å². The van der Waals surface area contributed by atoms with Crippen LogP contribution in [0.1, 0.15) is 16.7 Å². The maximum Gasteiger partial charge on any atom is 0.244 e. The van der Waals surface area contributed by atoms with Gasteiger partial charge in [-0.05, 0) is 47.5 Å². The lowest BCUT2D eigenvalue weighted by atomic mass is 10.1. The standard InChI is InChI=1S/C22H18Cl2N2O2/c23-19-9-8-18(21(24)13-19)15-28-20-10-6-17(7-11-20)14-25-26-22(27)12-16-4-2-1-3-5-16/h1-11,13-14H,12,15H2,(H,26,27). The summed E-state index contributed by atoms with van der Waals surface area (Å²) in [5.74, 6) is 0.540. The van der Waals surface area contributed by atoms with Crippen LogP contribution in [-0.2, 0) is 17.8 Å². The van der Waals surface area contributed by atoms with Gasteiger partial charge >= 0.3 is 0 Å². The number of ether oxygens (including phenoxy) is 1. The Balaban J connectivity index is 1.48. The number of halogens is 2. The van der Waals surface area contributed by atoms with Gasteiger partial charge in [0.25, 0.3) is 0 Å². The third-order valence-corrected chi connectivity index (χ3v) is 4.49. The molecule has 3 rings (SSSR count). The molecule has 0 aliphatic rings. The molecule has 0 aliphatic heterocycles. The molecule has 0 heterocycles. The molecule has 0 aromatic heterocycles. The van der Waals surface area contributed by atoms with Crippen molar-refractivity contribution in [2.45, 2.75) is 13.0 Å². The normalized spacial score (nSPS) is 10.8. The van der Waals surface area contributed by atoms with E-state index in [9.17, 15) is 4.79 Å². The fraction of sp³-hybridized carbons (Fsp3) is 0.0909. The van der Waals surface area contributed by atoms with Crippen LogP contribution >= 0.6 is 23.2 Å². The zero-order chi connectivity index (χ0) is 19.8. The van der Waals surface area contributed by atoms with E-state index < -0.39 is 0 Å². The van der Waals surface area contributed by atoms with E-state index in [1.54, 1.807) is 18.3 Å². The highest BCUT2D eigenvalue weighted by molar-refractivity contribution is 6.35. The predicted molar refractivity (Wildman–Crippen MR) is 113 cm³/mol. The smallest absolute Gasteiger partial charge is 0.244 e. The molecule has 0 spiro atoms. The maximum absolute atomic E-state index is 11.9. The molecule has 6 heteroatoms. The molecule has 0 saturated carbocycles. The molecule has 1 amide bonds. The fourth-order valence-corrected chi connectivity index (χ4v) is 2.91. The van der Waals surface area contributed by atoms with Crippen LogP contribution in [0.2, 0.25) is 10.0 Å². The van der Waals surface area contributed by atoms with E-state index in [-0.39, 0.29) is 12.3 Å². The first kappa shape index (κ1) is 19.9. The molecular weight excluding hydrogens is 395 g/mol. The van der Waals surface area contributed by atoms with Crippen molar-refractivity contribution >= 4 is 35.3 Å². The molecule has 0 fully saturated rings. The molecule has 1 N–H and O–H groups in total. The van der Waals surface area contributed by atoms with Crippen molar-refractivity contribution in [2.24, 2.45) is 5.10 Å². The average Bonchev–Trinajstić information content (AvgIpc) is 2.69. The molecule has 3 aromatic carbocycles. The Bertz CT molecular complexity index is 958. The molecule has 28 heavy (non-hydrogen) atoms. The summed E-state index contributed by atoms with van der Waals surface area (Å²) in [5, 5.41) is 5.15. The molecular formula is C22H18Cl2N2O2. The number of carbonyl (C=O) groups is 1. The average molecular weight is 413 g/mol. The van der Waals surface area contributed by atoms with Crippen LogP contribution in [0.25, 0.3) is 0 Å². The Labute approximate surface area is 173 Å². The van der Waals surface area contributed by atoms with Gasteiger partial charge in [0, 0.05) is 15.6 Å². The number of hydrogen-bond acceptors (Lipinski definition) is 3. The number of carbonyl (C=O) groups excluding carboxylic acids is 1. The van der Waals surface area contributed by atoms with E-state index in [1.165, 1.54) is 0 Å². The van der Waals surface area contributed by atoms with Gasteiger partial charge in [-0.2, -0.15) is 5.10 Å². The topological polar surface area (TPSA) is 50.7 Å². The molecule has 3 aromatic rings. The minimum atomic E-state index is -0.165. The summed E-state index contributed by atoms with van der Waals surface area (Å²) in [7, 11) is 0. The van der Waals surface area contributed by atoms with Crippen molar-refractivity contribution in [3.8, 4) is 5.75 Å². The molecule has 4 nitrogen and oxygen atoms in total. The van der Waals surface area contributed by atoms with Gasteiger partial charge in [0.2, 0.25) is 5.91 Å². The van der Waals surface area contributed by atoms with E-state index in [1.807, 2.05) is 60.7 Å². The Morgan fingerprint density at radius 2 is 1.75 bits per heavy atom. The Kier molecular flexibility index (Phi) is 7.06. The highest BCUT2D eigenvalue weighted by Crippen LogP contribution is 2.22. The molecule has 0 unspecified atom stereocenters. The zero-order valence-electron chi connectivity index (χ0n) is 14.9. The first-order valence-electron chi connectivity index (χ1n) is 8.63. The first-order chi connectivity index (χ1) is 13.6. The number of rotatable bonds is 7. The molecule has 0 radical (unpaired) electrons. The van der Waals surface area contributed by atoms with E-state index in [4.69, 9.17) is 27.9 Å². The van der Waals surface area contributed by atoms with Crippen LogP contribution in [0.5, 0.6) is 5.75 Å². The monoisotopic (exact) mass is 412 g/mol. The summed E-state index contributed by atoms with van der Waals surface area (Å²) in [5.41, 5.74) is 5.17. The van der Waals surface area contributed by atoms with Crippen LogP contribution in [0.4, 0.5) is 0 Å². The number of amides is 1. The van der Waals surface area contributed by atoms with Crippen molar-refractivity contribution < 1.29 is 9.53 Å². The second-order valence-corrected chi connectivity index (χ2v) is 6.89. The van der Waals surface area contributed by atoms with Gasteiger partial charge in [-0.1, -0.05) is 59.6 Å². The SMILES string of the molecule is O=C(Cc1ccccc1)NN=Cc1ccc(OCc2ccc(Cl)cc2Cl)cc1. The summed E-state index contributed by atoms with van der Waals surface area (Å²) in [6.07, 6.45) is 1.88. The molecule has 0 bridgehead atoms. The lowest BCUT2D eigenvalue weighted by molar-refractivity contribution is -0.120. The molecule has 0 atom stereocenters. The summed E-state index contributed by atoms with van der Waals surface area (Å²) < 4.78 is 5.74. The third-order valence-electron chi connectivity index (χ3n) is 3.90. The fourth-order valence-electron chi connectivity index (χ4n) is 2.45. The van der Waals surface area contributed by atoms with Crippen LogP contribution in [0.3, 0.4) is 0 Å². The second kappa shape index (κ2) is 9.93. The Hall–Kier alpha value is -2.82. The quantitative estimate of drug-likeness (QED) is 0.424. The largest absolute Gasteiger partial charge is 0.489 e. The Morgan fingerprint density at radius 1 is 1.00 bits per heavy atom. The minimum Gasteiger partial charge on any atom is -0.489 e. The van der Waals surface area contributed by atoms with Gasteiger partial charge in [-0.25, -0.2) is 5.43 Å². The predicted octanol–water partition coefficient (Wildman–Crippen LogP) is 5.27. The van der Waals surface area contributed by atoms with E-state index in [0.717, 1.165) is 16.7 Å². The highest BCUT2D eigenvalue weighted by atomic mass is 35.5. The van der Waals surface area contributed by atoms with Gasteiger partial charge < -0.3 is 4.74 Å². The van der Waals surface area contributed by atoms with Gasteiger partial charge in [0.1, 0.15) is 12.4 Å². The van der Waals surface area contributed by atoms with Crippen molar-refractivity contribution in [1.29, 1.82) is 0 Å². The highest BCUT2D eigenvalue weighted by Gasteiger charge is 2.03. The maximum atomic E-state index is 11.9. The molecule has 0 saturated heterocycles. The molecule has 142 valence electrons. The lowest BCUT2D eigenvalue weighted by Gasteiger charge is -2.08. The van der Waals surface area contributed by atoms with Crippen LogP contribution < -0.4 is 10.2 Å². The van der Waals surface area contributed by atoms with E-state index >= 15 is 0 Å². The number of hydrazone groups is 1. The summed E-state index contributed by atoms with van der Waals surface area (Å²) in [4.78, 5) is 11.9. The van der Waals surface area contributed by atoms with Crippen molar-refractivity contribution in [1.82, 2.24) is 5.43 Å². The van der Waals surface area contributed by atoms with Crippen LogP contribution in [-0.4, -0.2) is 12.1 Å². The third kappa shape index (κ3) is 6.12. The van der Waals surface area contributed by atoms with Gasteiger partial charge in [0.05, 0.1) is 12.6 Å².